The lowest BCUT2D eigenvalue weighted by Crippen LogP contribution is -2.06. The van der Waals surface area contributed by atoms with E-state index in [-0.39, 0.29) is 0 Å². The van der Waals surface area contributed by atoms with E-state index in [1.165, 1.54) is 32.1 Å². The first-order chi connectivity index (χ1) is 5.24. The second kappa shape index (κ2) is 7.02. The van der Waals surface area contributed by atoms with E-state index in [9.17, 15) is 0 Å². The fraction of sp³-hybridized carbons (Fsp3) is 1.00. The molecule has 0 heterocycles. The van der Waals surface area contributed by atoms with E-state index in [4.69, 9.17) is 0 Å². The Morgan fingerprint density at radius 2 is 1.73 bits per heavy atom. The first-order valence-electron chi connectivity index (χ1n) is 4.92. The van der Waals surface area contributed by atoms with E-state index in [0.29, 0.717) is 5.25 Å². The van der Waals surface area contributed by atoms with Gasteiger partial charge in [0.05, 0.1) is 0 Å². The molecule has 2 atom stereocenters. The summed E-state index contributed by atoms with van der Waals surface area (Å²) < 4.78 is 0. The van der Waals surface area contributed by atoms with Crippen LogP contribution in [0.1, 0.15) is 52.9 Å². The Balaban J connectivity index is 3.49. The summed E-state index contributed by atoms with van der Waals surface area (Å²) in [5.74, 6) is 0.919. The summed E-state index contributed by atoms with van der Waals surface area (Å²) in [6.07, 6.45) is 6.55. The van der Waals surface area contributed by atoms with Crippen molar-refractivity contribution in [3.05, 3.63) is 0 Å². The minimum absolute atomic E-state index is 0.631. The molecule has 1 heteroatoms. The van der Waals surface area contributed by atoms with Crippen LogP contribution in [0.4, 0.5) is 0 Å². The van der Waals surface area contributed by atoms with E-state index in [1.807, 2.05) is 0 Å². The molecule has 0 amide bonds. The topological polar surface area (TPSA) is 0 Å². The Labute approximate surface area is 77.2 Å². The molecule has 68 valence electrons. The van der Waals surface area contributed by atoms with E-state index in [0.717, 1.165) is 5.92 Å². The molecule has 0 nitrogen and oxygen atoms in total. The van der Waals surface area contributed by atoms with Gasteiger partial charge in [0, 0.05) is 5.25 Å². The van der Waals surface area contributed by atoms with Crippen LogP contribution >= 0.6 is 12.6 Å². The van der Waals surface area contributed by atoms with Crippen molar-refractivity contribution in [3.8, 4) is 0 Å². The van der Waals surface area contributed by atoms with E-state index in [2.05, 4.69) is 33.4 Å². The molecular formula is C10H22S. The van der Waals surface area contributed by atoms with Crippen molar-refractivity contribution < 1.29 is 0 Å². The van der Waals surface area contributed by atoms with Gasteiger partial charge in [0.15, 0.2) is 0 Å². The smallest absolute Gasteiger partial charge is 0.00168 e. The van der Waals surface area contributed by atoms with Gasteiger partial charge < -0.3 is 0 Å². The first-order valence-corrected chi connectivity index (χ1v) is 5.44. The van der Waals surface area contributed by atoms with Gasteiger partial charge in [-0.05, 0) is 18.8 Å². The molecule has 0 aliphatic rings. The Hall–Kier alpha value is 0.350. The maximum Gasteiger partial charge on any atom is 0.00168 e. The van der Waals surface area contributed by atoms with Gasteiger partial charge in [-0.1, -0.05) is 40.0 Å². The summed E-state index contributed by atoms with van der Waals surface area (Å²) in [4.78, 5) is 0. The Morgan fingerprint density at radius 1 is 1.09 bits per heavy atom. The van der Waals surface area contributed by atoms with Crippen LogP contribution in [-0.4, -0.2) is 5.25 Å². The molecule has 2 unspecified atom stereocenters. The minimum Gasteiger partial charge on any atom is -0.176 e. The summed E-state index contributed by atoms with van der Waals surface area (Å²) in [5, 5.41) is 0.631. The molecule has 11 heavy (non-hydrogen) atoms. The molecule has 0 fully saturated rings. The van der Waals surface area contributed by atoms with Crippen molar-refractivity contribution in [3.63, 3.8) is 0 Å². The second-order valence-corrected chi connectivity index (χ2v) is 4.09. The van der Waals surface area contributed by atoms with Gasteiger partial charge in [0.2, 0.25) is 0 Å². The maximum atomic E-state index is 4.52. The first kappa shape index (κ1) is 11.4. The summed E-state index contributed by atoms with van der Waals surface area (Å²) >= 11 is 4.52. The second-order valence-electron chi connectivity index (χ2n) is 3.36. The average Bonchev–Trinajstić information content (AvgIpc) is 2.03. The van der Waals surface area contributed by atoms with Gasteiger partial charge in [-0.3, -0.25) is 0 Å². The molecule has 0 N–H and O–H groups in total. The van der Waals surface area contributed by atoms with Crippen LogP contribution < -0.4 is 0 Å². The SMILES string of the molecule is CCCC(CC)CC(S)CC. The Kier molecular flexibility index (Phi) is 7.25. The van der Waals surface area contributed by atoms with Crippen molar-refractivity contribution in [2.45, 2.75) is 58.1 Å². The molecule has 0 aliphatic carbocycles. The number of thiol groups is 1. The molecule has 0 aromatic heterocycles. The van der Waals surface area contributed by atoms with Crippen LogP contribution in [0.15, 0.2) is 0 Å². The molecule has 0 saturated heterocycles. The standard InChI is InChI=1S/C10H22S/c1-4-7-9(5-2)8-10(11)6-3/h9-11H,4-8H2,1-3H3. The zero-order chi connectivity index (χ0) is 8.69. The van der Waals surface area contributed by atoms with Crippen LogP contribution in [-0.2, 0) is 0 Å². The number of hydrogen-bond donors (Lipinski definition) is 1. The van der Waals surface area contributed by atoms with Crippen LogP contribution in [0.25, 0.3) is 0 Å². The lowest BCUT2D eigenvalue weighted by molar-refractivity contribution is 0.424. The Morgan fingerprint density at radius 3 is 2.09 bits per heavy atom. The molecule has 0 saturated carbocycles. The highest BCUT2D eigenvalue weighted by Crippen LogP contribution is 2.21. The maximum absolute atomic E-state index is 4.52. The zero-order valence-electron chi connectivity index (χ0n) is 8.14. The summed E-state index contributed by atoms with van der Waals surface area (Å²) in [6, 6.07) is 0. The summed E-state index contributed by atoms with van der Waals surface area (Å²) in [5.41, 5.74) is 0. The highest BCUT2D eigenvalue weighted by atomic mass is 32.1. The molecule has 0 spiro atoms. The molecule has 0 radical (unpaired) electrons. The van der Waals surface area contributed by atoms with Crippen molar-refractivity contribution in [1.29, 1.82) is 0 Å². The fourth-order valence-corrected chi connectivity index (χ4v) is 1.75. The highest BCUT2D eigenvalue weighted by Gasteiger charge is 2.09. The summed E-state index contributed by atoms with van der Waals surface area (Å²) in [6.45, 7) is 6.77. The van der Waals surface area contributed by atoms with Crippen molar-refractivity contribution in [1.82, 2.24) is 0 Å². The van der Waals surface area contributed by atoms with Gasteiger partial charge in [-0.25, -0.2) is 0 Å². The molecule has 0 aromatic rings. The molecular weight excluding hydrogens is 152 g/mol. The van der Waals surface area contributed by atoms with Crippen LogP contribution in [0.3, 0.4) is 0 Å². The molecule has 0 rings (SSSR count). The third-order valence-electron chi connectivity index (χ3n) is 2.35. The average molecular weight is 174 g/mol. The van der Waals surface area contributed by atoms with Crippen molar-refractivity contribution in [2.75, 3.05) is 0 Å². The van der Waals surface area contributed by atoms with Gasteiger partial charge >= 0.3 is 0 Å². The van der Waals surface area contributed by atoms with Gasteiger partial charge in [-0.15, -0.1) is 0 Å². The van der Waals surface area contributed by atoms with Gasteiger partial charge in [-0.2, -0.15) is 12.6 Å². The lowest BCUT2D eigenvalue weighted by Gasteiger charge is -2.16. The summed E-state index contributed by atoms with van der Waals surface area (Å²) in [7, 11) is 0. The molecule has 0 aliphatic heterocycles. The van der Waals surface area contributed by atoms with Crippen molar-refractivity contribution in [2.24, 2.45) is 5.92 Å². The molecule has 0 aromatic carbocycles. The van der Waals surface area contributed by atoms with E-state index >= 15 is 0 Å². The van der Waals surface area contributed by atoms with Crippen LogP contribution in [0, 0.1) is 5.92 Å². The van der Waals surface area contributed by atoms with Crippen LogP contribution in [0.2, 0.25) is 0 Å². The zero-order valence-corrected chi connectivity index (χ0v) is 9.03. The Bertz CT molecular complexity index is 80.9. The minimum atomic E-state index is 0.631. The fourth-order valence-electron chi connectivity index (χ4n) is 1.45. The quantitative estimate of drug-likeness (QED) is 0.580. The lowest BCUT2D eigenvalue weighted by atomic mass is 9.94. The third-order valence-corrected chi connectivity index (χ3v) is 2.93. The normalized spacial score (nSPS) is 16.4. The van der Waals surface area contributed by atoms with Gasteiger partial charge in [0.25, 0.3) is 0 Å². The predicted octanol–water partition coefficient (Wildman–Crippen LogP) is 3.91. The van der Waals surface area contributed by atoms with Crippen molar-refractivity contribution >= 4 is 12.6 Å². The third kappa shape index (κ3) is 5.60. The molecule has 0 bridgehead atoms. The van der Waals surface area contributed by atoms with Gasteiger partial charge in [0.1, 0.15) is 0 Å². The van der Waals surface area contributed by atoms with Crippen LogP contribution in [0.5, 0.6) is 0 Å². The highest BCUT2D eigenvalue weighted by molar-refractivity contribution is 7.80. The predicted molar refractivity (Wildman–Crippen MR) is 56.4 cm³/mol. The number of hydrogen-bond acceptors (Lipinski definition) is 1. The largest absolute Gasteiger partial charge is 0.176 e. The van der Waals surface area contributed by atoms with E-state index < -0.39 is 0 Å². The monoisotopic (exact) mass is 174 g/mol. The van der Waals surface area contributed by atoms with E-state index in [1.54, 1.807) is 0 Å². The number of rotatable bonds is 6.